The Bertz CT molecular complexity index is 789. The van der Waals surface area contributed by atoms with Gasteiger partial charge in [-0.2, -0.15) is 0 Å². The topological polar surface area (TPSA) is 83.1 Å². The number of hydrogen-bond acceptors (Lipinski definition) is 6. The maximum atomic E-state index is 11.7. The molecule has 7 nitrogen and oxygen atoms in total. The van der Waals surface area contributed by atoms with Crippen LogP contribution in [0.25, 0.3) is 6.08 Å². The van der Waals surface area contributed by atoms with Gasteiger partial charge in [0.2, 0.25) is 6.79 Å². The number of hydrogen-bond donors (Lipinski definition) is 1. The maximum Gasteiger partial charge on any atom is 0.410 e. The van der Waals surface area contributed by atoms with E-state index in [4.69, 9.17) is 20.3 Å². The molecule has 0 aliphatic carbocycles. The van der Waals surface area contributed by atoms with Crippen molar-refractivity contribution in [2.45, 2.75) is 38.9 Å². The minimum atomic E-state index is -2.01. The first kappa shape index (κ1) is 24.1. The fraction of sp³-hybridized carbons (Fsp3) is 0.429. The van der Waals surface area contributed by atoms with Crippen LogP contribution in [0.5, 0.6) is 11.5 Å². The van der Waals surface area contributed by atoms with Gasteiger partial charge in [0.1, 0.15) is 5.75 Å². The predicted molar refractivity (Wildman–Crippen MR) is 114 cm³/mol. The maximum absolute atomic E-state index is 11.7. The minimum absolute atomic E-state index is 0.0314. The molecule has 0 radical (unpaired) electrons. The number of methoxy groups -OCH3 is 1. The molecule has 0 spiro atoms. The van der Waals surface area contributed by atoms with Crippen molar-refractivity contribution in [1.82, 2.24) is 5.32 Å². The van der Waals surface area contributed by atoms with Crippen LogP contribution in [0.4, 0.5) is 4.79 Å². The van der Waals surface area contributed by atoms with E-state index in [9.17, 15) is 9.59 Å². The van der Waals surface area contributed by atoms with Gasteiger partial charge in [-0.3, -0.25) is 0 Å². The second-order valence-corrected chi connectivity index (χ2v) is 12.4. The molecule has 29 heavy (non-hydrogen) atoms. The van der Waals surface area contributed by atoms with E-state index in [0.717, 1.165) is 5.56 Å². The molecule has 1 rings (SSSR count). The molecular weight excluding hydrogens is 390 g/mol. The largest absolute Gasteiger partial charge is 0.541 e. The first-order chi connectivity index (χ1) is 13.5. The average Bonchev–Trinajstić information content (AvgIpc) is 2.64. The molecule has 0 atom stereocenters. The monoisotopic (exact) mass is 419 g/mol. The van der Waals surface area contributed by atoms with Crippen LogP contribution >= 0.6 is 0 Å². The van der Waals surface area contributed by atoms with Gasteiger partial charge < -0.3 is 24.0 Å². The summed E-state index contributed by atoms with van der Waals surface area (Å²) in [4.78, 5) is 22.9. The van der Waals surface area contributed by atoms with Crippen LogP contribution in [0, 0.1) is 12.3 Å². The van der Waals surface area contributed by atoms with E-state index in [-0.39, 0.29) is 11.6 Å². The molecule has 158 valence electrons. The minimum Gasteiger partial charge on any atom is -0.541 e. The SMILES string of the molecule is C#CCNC(=O)OCOC(=O)/C=C/c1ccc(O[Si](C)(C)C(C)(C)C)c(OC)c1. The Labute approximate surface area is 173 Å². The van der Waals surface area contributed by atoms with Gasteiger partial charge in [-0.15, -0.1) is 6.42 Å². The zero-order valence-corrected chi connectivity index (χ0v) is 18.8. The number of rotatable bonds is 8. The van der Waals surface area contributed by atoms with E-state index >= 15 is 0 Å². The summed E-state index contributed by atoms with van der Waals surface area (Å²) in [5.41, 5.74) is 0.731. The van der Waals surface area contributed by atoms with E-state index in [2.05, 4.69) is 49.8 Å². The molecule has 1 amide bonds. The van der Waals surface area contributed by atoms with Crippen molar-refractivity contribution in [2.75, 3.05) is 20.4 Å². The molecule has 1 N–H and O–H groups in total. The zero-order valence-electron chi connectivity index (χ0n) is 17.8. The van der Waals surface area contributed by atoms with Crippen LogP contribution in [0.1, 0.15) is 26.3 Å². The molecule has 1 aromatic rings. The number of ether oxygens (including phenoxy) is 3. The summed E-state index contributed by atoms with van der Waals surface area (Å²) in [6.07, 6.45) is 7.03. The summed E-state index contributed by atoms with van der Waals surface area (Å²) in [6, 6.07) is 5.41. The Morgan fingerprint density at radius 3 is 2.48 bits per heavy atom. The molecule has 0 aromatic heterocycles. The van der Waals surface area contributed by atoms with E-state index in [1.54, 1.807) is 19.3 Å². The summed E-state index contributed by atoms with van der Waals surface area (Å²) >= 11 is 0. The first-order valence-electron chi connectivity index (χ1n) is 9.06. The van der Waals surface area contributed by atoms with Gasteiger partial charge in [0.15, 0.2) is 5.75 Å². The van der Waals surface area contributed by atoms with Crippen molar-refractivity contribution >= 4 is 26.5 Å². The van der Waals surface area contributed by atoms with Crippen LogP contribution in [-0.4, -0.2) is 40.8 Å². The molecule has 0 aliphatic rings. The highest BCUT2D eigenvalue weighted by molar-refractivity contribution is 6.74. The van der Waals surface area contributed by atoms with E-state index in [0.29, 0.717) is 11.5 Å². The summed E-state index contributed by atoms with van der Waals surface area (Å²) < 4.78 is 21.2. The van der Waals surface area contributed by atoms with Crippen molar-refractivity contribution in [2.24, 2.45) is 0 Å². The Morgan fingerprint density at radius 1 is 1.21 bits per heavy atom. The third-order valence-electron chi connectivity index (χ3n) is 4.50. The lowest BCUT2D eigenvalue weighted by molar-refractivity contribution is -0.145. The molecule has 0 bridgehead atoms. The number of amides is 1. The second kappa shape index (κ2) is 10.6. The number of esters is 1. The lowest BCUT2D eigenvalue weighted by atomic mass is 10.2. The van der Waals surface area contributed by atoms with Gasteiger partial charge in [0, 0.05) is 6.08 Å². The van der Waals surface area contributed by atoms with Crippen molar-refractivity contribution in [3.8, 4) is 23.8 Å². The Morgan fingerprint density at radius 2 is 1.90 bits per heavy atom. The molecule has 8 heteroatoms. The van der Waals surface area contributed by atoms with E-state index < -0.39 is 27.2 Å². The van der Waals surface area contributed by atoms with E-state index in [1.807, 2.05) is 12.1 Å². The van der Waals surface area contributed by atoms with Crippen molar-refractivity contribution in [3.63, 3.8) is 0 Å². The molecule has 0 heterocycles. The number of carbonyl (C=O) groups is 2. The van der Waals surface area contributed by atoms with Gasteiger partial charge in [0.05, 0.1) is 13.7 Å². The van der Waals surface area contributed by atoms with Gasteiger partial charge in [-0.1, -0.05) is 32.8 Å². The van der Waals surface area contributed by atoms with Gasteiger partial charge in [-0.25, -0.2) is 9.59 Å². The van der Waals surface area contributed by atoms with Gasteiger partial charge >= 0.3 is 12.1 Å². The lowest BCUT2D eigenvalue weighted by Gasteiger charge is -2.36. The molecule has 1 aromatic carbocycles. The van der Waals surface area contributed by atoms with Crippen LogP contribution in [0.3, 0.4) is 0 Å². The van der Waals surface area contributed by atoms with Gasteiger partial charge in [-0.05, 0) is 41.9 Å². The van der Waals surface area contributed by atoms with Crippen LogP contribution in [0.2, 0.25) is 18.1 Å². The highest BCUT2D eigenvalue weighted by atomic mass is 28.4. The standard InChI is InChI=1S/C21H29NO6Si/c1-8-13-22-20(24)27-15-26-19(23)12-10-16-9-11-17(18(14-16)25-5)28-29(6,7)21(2,3)4/h1,9-12,14H,13,15H2,2-7H3,(H,22,24)/b12-10+. The summed E-state index contributed by atoms with van der Waals surface area (Å²) in [5, 5.41) is 2.33. The summed E-state index contributed by atoms with van der Waals surface area (Å²) in [7, 11) is -0.442. The lowest BCUT2D eigenvalue weighted by Crippen LogP contribution is -2.43. The number of benzene rings is 1. The Kier molecular flexibility index (Phi) is 8.79. The first-order valence-corrected chi connectivity index (χ1v) is 12.0. The quantitative estimate of drug-likeness (QED) is 0.226. The zero-order chi connectivity index (χ0) is 22.1. The molecular formula is C21H29NO6Si. The normalized spacial score (nSPS) is 11.5. The van der Waals surface area contributed by atoms with Crippen LogP contribution < -0.4 is 14.5 Å². The fourth-order valence-corrected chi connectivity index (χ4v) is 2.85. The fourth-order valence-electron chi connectivity index (χ4n) is 1.83. The third-order valence-corrected chi connectivity index (χ3v) is 8.84. The number of nitrogens with one attached hydrogen (secondary N) is 1. The van der Waals surface area contributed by atoms with Crippen LogP contribution in [-0.2, 0) is 14.3 Å². The molecule has 0 saturated carbocycles. The number of alkyl carbamates (subject to hydrolysis) is 1. The molecule has 0 unspecified atom stereocenters. The van der Waals surface area contributed by atoms with E-state index in [1.165, 1.54) is 6.08 Å². The smallest absolute Gasteiger partial charge is 0.410 e. The number of carbonyl (C=O) groups excluding carboxylic acids is 2. The van der Waals surface area contributed by atoms with Crippen LogP contribution in [0.15, 0.2) is 24.3 Å². The van der Waals surface area contributed by atoms with Crippen molar-refractivity contribution in [1.29, 1.82) is 0 Å². The highest BCUT2D eigenvalue weighted by Crippen LogP contribution is 2.40. The Hall–Kier alpha value is -2.92. The molecule has 0 aliphatic heterocycles. The highest BCUT2D eigenvalue weighted by Gasteiger charge is 2.39. The summed E-state index contributed by atoms with van der Waals surface area (Å²) in [6.45, 7) is 10.3. The van der Waals surface area contributed by atoms with Gasteiger partial charge in [0.25, 0.3) is 8.32 Å². The van der Waals surface area contributed by atoms with Crippen molar-refractivity contribution in [3.05, 3.63) is 29.8 Å². The number of terminal acetylenes is 1. The molecule has 0 saturated heterocycles. The third kappa shape index (κ3) is 7.91. The molecule has 0 fully saturated rings. The average molecular weight is 420 g/mol. The summed E-state index contributed by atoms with van der Waals surface area (Å²) in [5.74, 6) is 2.82. The van der Waals surface area contributed by atoms with Crippen molar-refractivity contribution < 1.29 is 28.2 Å². The predicted octanol–water partition coefficient (Wildman–Crippen LogP) is 3.95. The Balaban J connectivity index is 2.70. The second-order valence-electron chi connectivity index (χ2n) is 7.68.